The fraction of sp³-hybridized carbons (Fsp3) is 0.444. The predicted molar refractivity (Wildman–Crippen MR) is 85.6 cm³/mol. The molecule has 3 atom stereocenters. The van der Waals surface area contributed by atoms with Gasteiger partial charge in [-0.05, 0) is 28.8 Å². The molecule has 23 heavy (non-hydrogen) atoms. The quantitative estimate of drug-likeness (QED) is 0.866. The molecule has 1 aromatic rings. The van der Waals surface area contributed by atoms with Gasteiger partial charge in [0.1, 0.15) is 0 Å². The lowest BCUT2D eigenvalue weighted by Crippen LogP contribution is -2.52. The highest BCUT2D eigenvalue weighted by atomic mass is 16.5. The van der Waals surface area contributed by atoms with E-state index in [4.69, 9.17) is 9.47 Å². The molecule has 3 aliphatic rings. The Morgan fingerprint density at radius 3 is 2.65 bits per heavy atom. The minimum Gasteiger partial charge on any atom is -0.493 e. The van der Waals surface area contributed by atoms with Crippen molar-refractivity contribution in [1.29, 1.82) is 0 Å². The number of benzene rings is 1. The third kappa shape index (κ3) is 1.90. The minimum absolute atomic E-state index is 0.387. The van der Waals surface area contributed by atoms with Crippen LogP contribution in [0.3, 0.4) is 0 Å². The summed E-state index contributed by atoms with van der Waals surface area (Å²) in [5, 5.41) is 20.9. The Kier molecular flexibility index (Phi) is 3.27. The number of fused-ring (bicyclic) bond motifs is 1. The van der Waals surface area contributed by atoms with E-state index < -0.39 is 12.2 Å². The second-order valence-corrected chi connectivity index (χ2v) is 6.37. The zero-order chi connectivity index (χ0) is 16.2. The summed E-state index contributed by atoms with van der Waals surface area (Å²) in [6, 6.07) is 3.82. The van der Waals surface area contributed by atoms with E-state index >= 15 is 0 Å². The normalized spacial score (nSPS) is 31.9. The van der Waals surface area contributed by atoms with Gasteiger partial charge in [-0.15, -0.1) is 0 Å². The molecule has 1 aromatic carbocycles. The molecule has 0 aromatic heterocycles. The molecule has 5 nitrogen and oxygen atoms in total. The topological polar surface area (TPSA) is 62.2 Å². The van der Waals surface area contributed by atoms with Gasteiger partial charge in [-0.3, -0.25) is 4.90 Å². The van der Waals surface area contributed by atoms with E-state index in [1.165, 1.54) is 5.57 Å². The lowest BCUT2D eigenvalue weighted by molar-refractivity contribution is 0.0206. The van der Waals surface area contributed by atoms with Crippen molar-refractivity contribution in [2.24, 2.45) is 0 Å². The summed E-state index contributed by atoms with van der Waals surface area (Å²) in [5.74, 6) is 1.26. The van der Waals surface area contributed by atoms with Crippen molar-refractivity contribution in [2.75, 3.05) is 27.3 Å². The van der Waals surface area contributed by atoms with Gasteiger partial charge in [-0.2, -0.15) is 0 Å². The lowest BCUT2D eigenvalue weighted by atomic mass is 9.71. The summed E-state index contributed by atoms with van der Waals surface area (Å²) in [4.78, 5) is 2.24. The number of rotatable bonds is 2. The summed E-state index contributed by atoms with van der Waals surface area (Å²) in [6.07, 6.45) is 5.54. The van der Waals surface area contributed by atoms with Crippen molar-refractivity contribution in [3.05, 3.63) is 47.1 Å². The van der Waals surface area contributed by atoms with E-state index in [2.05, 4.69) is 11.0 Å². The maximum atomic E-state index is 10.6. The molecule has 5 heteroatoms. The average molecular weight is 315 g/mol. The second kappa shape index (κ2) is 5.09. The van der Waals surface area contributed by atoms with Crippen LogP contribution in [0.1, 0.15) is 23.7 Å². The standard InChI is InChI=1S/C18H21NO4/c1-22-16-7-13-14(8-17(16)23-2)18-9-12(20)4-3-11(18)5-6-19(18)10-15(13)21/h3-5,7-8,12,15,20-21H,6,9-10H2,1-2H3. The molecule has 2 N–H and O–H groups in total. The first-order valence-corrected chi connectivity index (χ1v) is 7.86. The smallest absolute Gasteiger partial charge is 0.161 e. The Morgan fingerprint density at radius 1 is 1.17 bits per heavy atom. The Hall–Kier alpha value is -1.82. The summed E-state index contributed by atoms with van der Waals surface area (Å²) >= 11 is 0. The highest BCUT2D eigenvalue weighted by molar-refractivity contribution is 5.58. The van der Waals surface area contributed by atoms with Crippen LogP contribution in [0, 0.1) is 0 Å². The summed E-state index contributed by atoms with van der Waals surface area (Å²) in [6.45, 7) is 1.32. The molecule has 1 aliphatic carbocycles. The van der Waals surface area contributed by atoms with Crippen LogP contribution in [-0.4, -0.2) is 48.5 Å². The summed E-state index contributed by atoms with van der Waals surface area (Å²) < 4.78 is 10.9. The Bertz CT molecular complexity index is 711. The van der Waals surface area contributed by atoms with Crippen LogP contribution in [0.5, 0.6) is 11.5 Å². The van der Waals surface area contributed by atoms with Crippen molar-refractivity contribution >= 4 is 0 Å². The number of nitrogens with zero attached hydrogens (tertiary/aromatic N) is 1. The number of hydrogen-bond acceptors (Lipinski definition) is 5. The van der Waals surface area contributed by atoms with Gasteiger partial charge in [0.2, 0.25) is 0 Å². The molecular formula is C18H21NO4. The zero-order valence-electron chi connectivity index (χ0n) is 13.3. The molecule has 0 saturated carbocycles. The number of aliphatic hydroxyl groups excluding tert-OH is 2. The third-order valence-electron chi connectivity index (χ3n) is 5.31. The predicted octanol–water partition coefficient (Wildman–Crippen LogP) is 1.51. The molecule has 122 valence electrons. The van der Waals surface area contributed by atoms with E-state index in [1.54, 1.807) is 14.2 Å². The molecule has 2 heterocycles. The lowest BCUT2D eigenvalue weighted by Gasteiger charge is -2.49. The minimum atomic E-state index is -0.578. The van der Waals surface area contributed by atoms with E-state index in [0.29, 0.717) is 24.5 Å². The molecule has 0 amide bonds. The Balaban J connectivity index is 1.97. The molecule has 0 fully saturated rings. The van der Waals surface area contributed by atoms with Crippen LogP contribution in [0.2, 0.25) is 0 Å². The Morgan fingerprint density at radius 2 is 1.91 bits per heavy atom. The highest BCUT2D eigenvalue weighted by Crippen LogP contribution is 2.53. The van der Waals surface area contributed by atoms with E-state index in [9.17, 15) is 10.2 Å². The molecule has 0 saturated heterocycles. The molecule has 0 bridgehead atoms. The number of aliphatic hydroxyl groups is 2. The molecule has 1 spiro atoms. The van der Waals surface area contributed by atoms with Crippen molar-refractivity contribution in [1.82, 2.24) is 4.90 Å². The average Bonchev–Trinajstić information content (AvgIpc) is 2.92. The first kappa shape index (κ1) is 14.8. The van der Waals surface area contributed by atoms with E-state index in [0.717, 1.165) is 17.7 Å². The molecule has 2 aliphatic heterocycles. The molecule has 4 rings (SSSR count). The monoisotopic (exact) mass is 315 g/mol. The number of ether oxygens (including phenoxy) is 2. The van der Waals surface area contributed by atoms with Gasteiger partial charge in [0.05, 0.1) is 32.0 Å². The van der Waals surface area contributed by atoms with Crippen molar-refractivity contribution in [2.45, 2.75) is 24.2 Å². The number of methoxy groups -OCH3 is 2. The van der Waals surface area contributed by atoms with Crippen LogP contribution in [0.25, 0.3) is 0 Å². The Labute approximate surface area is 135 Å². The van der Waals surface area contributed by atoms with Crippen LogP contribution in [0.4, 0.5) is 0 Å². The van der Waals surface area contributed by atoms with Gasteiger partial charge in [0.25, 0.3) is 0 Å². The van der Waals surface area contributed by atoms with E-state index in [-0.39, 0.29) is 5.54 Å². The molecular weight excluding hydrogens is 294 g/mol. The first-order chi connectivity index (χ1) is 11.1. The van der Waals surface area contributed by atoms with Gasteiger partial charge in [0.15, 0.2) is 11.5 Å². The van der Waals surface area contributed by atoms with Crippen LogP contribution >= 0.6 is 0 Å². The third-order valence-corrected chi connectivity index (χ3v) is 5.31. The maximum absolute atomic E-state index is 10.6. The first-order valence-electron chi connectivity index (χ1n) is 7.86. The zero-order valence-corrected chi connectivity index (χ0v) is 13.3. The largest absolute Gasteiger partial charge is 0.493 e. The highest BCUT2D eigenvalue weighted by Gasteiger charge is 2.51. The van der Waals surface area contributed by atoms with Gasteiger partial charge < -0.3 is 19.7 Å². The SMILES string of the molecule is COc1cc2c(cc1OC)C13CC(O)C=CC1=CCN3CC2O. The fourth-order valence-corrected chi connectivity index (χ4v) is 4.26. The fourth-order valence-electron chi connectivity index (χ4n) is 4.26. The number of hydrogen-bond donors (Lipinski definition) is 2. The van der Waals surface area contributed by atoms with E-state index in [1.807, 2.05) is 24.3 Å². The van der Waals surface area contributed by atoms with Crippen molar-refractivity contribution in [3.63, 3.8) is 0 Å². The van der Waals surface area contributed by atoms with Crippen molar-refractivity contribution < 1.29 is 19.7 Å². The van der Waals surface area contributed by atoms with Gasteiger partial charge in [0, 0.05) is 19.5 Å². The van der Waals surface area contributed by atoms with Gasteiger partial charge in [-0.1, -0.05) is 18.2 Å². The molecule has 0 radical (unpaired) electrons. The maximum Gasteiger partial charge on any atom is 0.161 e. The van der Waals surface area contributed by atoms with Gasteiger partial charge in [-0.25, -0.2) is 0 Å². The second-order valence-electron chi connectivity index (χ2n) is 6.37. The van der Waals surface area contributed by atoms with Crippen LogP contribution in [-0.2, 0) is 5.54 Å². The summed E-state index contributed by atoms with van der Waals surface area (Å²) in [7, 11) is 3.21. The van der Waals surface area contributed by atoms with Crippen LogP contribution < -0.4 is 9.47 Å². The van der Waals surface area contributed by atoms with Crippen molar-refractivity contribution in [3.8, 4) is 11.5 Å². The van der Waals surface area contributed by atoms with Gasteiger partial charge >= 0.3 is 0 Å². The molecule has 3 unspecified atom stereocenters. The summed E-state index contributed by atoms with van der Waals surface area (Å²) in [5.41, 5.74) is 2.65. The van der Waals surface area contributed by atoms with Crippen LogP contribution in [0.15, 0.2) is 35.9 Å².